The van der Waals surface area contributed by atoms with E-state index in [0.29, 0.717) is 17.0 Å². The molecule has 3 nitrogen and oxygen atoms in total. The highest BCUT2D eigenvalue weighted by Crippen LogP contribution is 2.42. The zero-order chi connectivity index (χ0) is 13.9. The minimum absolute atomic E-state index is 0.250. The first-order valence-corrected chi connectivity index (χ1v) is 6.05. The summed E-state index contributed by atoms with van der Waals surface area (Å²) in [6.45, 7) is 15.4. The maximum absolute atomic E-state index is 8.36. The van der Waals surface area contributed by atoms with Crippen molar-refractivity contribution in [3.63, 3.8) is 0 Å². The van der Waals surface area contributed by atoms with Crippen LogP contribution in [0.1, 0.15) is 47.5 Å². The predicted octanol–water partition coefficient (Wildman–Crippen LogP) is 3.16. The van der Waals surface area contributed by atoms with E-state index in [4.69, 9.17) is 9.90 Å². The Kier molecular flexibility index (Phi) is 5.40. The summed E-state index contributed by atoms with van der Waals surface area (Å²) in [6, 6.07) is 0. The third kappa shape index (κ3) is 4.15. The molecule has 0 aromatic heterocycles. The van der Waals surface area contributed by atoms with Gasteiger partial charge in [0.2, 0.25) is 0 Å². The van der Waals surface area contributed by atoms with Crippen LogP contribution in [0, 0.1) is 5.92 Å². The number of allylic oxidation sites excluding steroid dienone is 1. The number of carboxylic acid groups (broad SMARTS) is 1. The summed E-state index contributed by atoms with van der Waals surface area (Å²) >= 11 is 0. The fourth-order valence-electron chi connectivity index (χ4n) is 2.72. The average molecular weight is 241 g/mol. The summed E-state index contributed by atoms with van der Waals surface area (Å²) in [4.78, 5) is 10.9. The first kappa shape index (κ1) is 16.2. The van der Waals surface area contributed by atoms with Gasteiger partial charge in [0.25, 0.3) is 6.47 Å². The van der Waals surface area contributed by atoms with Crippen molar-refractivity contribution in [3.05, 3.63) is 12.2 Å². The number of rotatable bonds is 1. The van der Waals surface area contributed by atoms with E-state index in [-0.39, 0.29) is 6.47 Å². The predicted molar refractivity (Wildman–Crippen MR) is 72.2 cm³/mol. The van der Waals surface area contributed by atoms with Crippen LogP contribution in [-0.4, -0.2) is 34.6 Å². The molecule has 0 saturated carbocycles. The quantitative estimate of drug-likeness (QED) is 0.566. The van der Waals surface area contributed by atoms with E-state index in [1.54, 1.807) is 0 Å². The molecule has 1 aliphatic heterocycles. The molecule has 100 valence electrons. The molecule has 0 aromatic rings. The van der Waals surface area contributed by atoms with Crippen molar-refractivity contribution in [2.45, 2.75) is 58.5 Å². The van der Waals surface area contributed by atoms with Gasteiger partial charge in [-0.25, -0.2) is 0 Å². The van der Waals surface area contributed by atoms with Crippen LogP contribution < -0.4 is 0 Å². The molecule has 0 spiro atoms. The standard InChI is InChI=1S/C13H25N.CH2O2/c1-10(2)11-8-12(3,4)14(7)13(5,6)9-11;2-1-3/h11H,1,8-9H2,2-7H3;1H,(H,2,3). The van der Waals surface area contributed by atoms with Gasteiger partial charge in [-0.3, -0.25) is 9.69 Å². The summed E-state index contributed by atoms with van der Waals surface area (Å²) in [5.41, 5.74) is 1.94. The smallest absolute Gasteiger partial charge is 0.290 e. The van der Waals surface area contributed by atoms with E-state index in [1.807, 2.05) is 0 Å². The molecule has 0 aliphatic carbocycles. The summed E-state index contributed by atoms with van der Waals surface area (Å²) in [5.74, 6) is 0.691. The molecule has 0 radical (unpaired) electrons. The zero-order valence-electron chi connectivity index (χ0n) is 12.1. The van der Waals surface area contributed by atoms with Crippen molar-refractivity contribution in [2.24, 2.45) is 5.92 Å². The van der Waals surface area contributed by atoms with Crippen LogP contribution >= 0.6 is 0 Å². The largest absolute Gasteiger partial charge is 0.483 e. The van der Waals surface area contributed by atoms with Crippen LogP contribution in [0.3, 0.4) is 0 Å². The van der Waals surface area contributed by atoms with Crippen LogP contribution in [0.15, 0.2) is 12.2 Å². The number of piperidine rings is 1. The number of carbonyl (C=O) groups is 1. The lowest BCUT2D eigenvalue weighted by molar-refractivity contribution is -0.122. The van der Waals surface area contributed by atoms with Crippen molar-refractivity contribution in [3.8, 4) is 0 Å². The molecule has 3 heteroatoms. The van der Waals surface area contributed by atoms with Gasteiger partial charge in [-0.05, 0) is 60.4 Å². The Bertz CT molecular complexity index is 264. The minimum atomic E-state index is -0.250. The van der Waals surface area contributed by atoms with Gasteiger partial charge in [-0.1, -0.05) is 12.2 Å². The van der Waals surface area contributed by atoms with Crippen LogP contribution in [0.2, 0.25) is 0 Å². The molecule has 0 unspecified atom stereocenters. The van der Waals surface area contributed by atoms with E-state index in [9.17, 15) is 0 Å². The lowest BCUT2D eigenvalue weighted by Gasteiger charge is -2.54. The minimum Gasteiger partial charge on any atom is -0.483 e. The molecule has 1 fully saturated rings. The zero-order valence-corrected chi connectivity index (χ0v) is 12.1. The first-order valence-electron chi connectivity index (χ1n) is 6.05. The Hall–Kier alpha value is -0.830. The van der Waals surface area contributed by atoms with Gasteiger partial charge in [0, 0.05) is 11.1 Å². The maximum atomic E-state index is 8.36. The maximum Gasteiger partial charge on any atom is 0.290 e. The molecule has 1 saturated heterocycles. The van der Waals surface area contributed by atoms with E-state index in [2.05, 4.69) is 53.1 Å². The summed E-state index contributed by atoms with van der Waals surface area (Å²) in [6.07, 6.45) is 2.48. The Morgan fingerprint density at radius 1 is 1.29 bits per heavy atom. The molecule has 0 aromatic carbocycles. The van der Waals surface area contributed by atoms with Crippen molar-refractivity contribution < 1.29 is 9.90 Å². The second-order valence-electron chi connectivity index (χ2n) is 6.24. The molecule has 1 heterocycles. The molecular formula is C14H27NO2. The Morgan fingerprint density at radius 3 is 1.82 bits per heavy atom. The molecule has 0 bridgehead atoms. The van der Waals surface area contributed by atoms with E-state index < -0.39 is 0 Å². The molecular weight excluding hydrogens is 214 g/mol. The third-order valence-corrected chi connectivity index (χ3v) is 4.00. The molecule has 1 aliphatic rings. The van der Waals surface area contributed by atoms with Crippen LogP contribution in [-0.2, 0) is 4.79 Å². The van der Waals surface area contributed by atoms with Crippen LogP contribution in [0.25, 0.3) is 0 Å². The molecule has 17 heavy (non-hydrogen) atoms. The fraction of sp³-hybridized carbons (Fsp3) is 0.786. The van der Waals surface area contributed by atoms with Gasteiger partial charge in [0.1, 0.15) is 0 Å². The van der Waals surface area contributed by atoms with Crippen molar-refractivity contribution in [1.29, 1.82) is 0 Å². The second-order valence-corrected chi connectivity index (χ2v) is 6.24. The van der Waals surface area contributed by atoms with Gasteiger partial charge >= 0.3 is 0 Å². The number of hydrogen-bond acceptors (Lipinski definition) is 2. The van der Waals surface area contributed by atoms with Gasteiger partial charge in [0.05, 0.1) is 0 Å². The van der Waals surface area contributed by atoms with Crippen molar-refractivity contribution in [2.75, 3.05) is 7.05 Å². The highest BCUT2D eigenvalue weighted by atomic mass is 16.3. The summed E-state index contributed by atoms with van der Waals surface area (Å²) in [7, 11) is 2.24. The topological polar surface area (TPSA) is 40.5 Å². The highest BCUT2D eigenvalue weighted by molar-refractivity contribution is 5.32. The average Bonchev–Trinajstić information content (AvgIpc) is 2.14. The summed E-state index contributed by atoms with van der Waals surface area (Å²) < 4.78 is 0. The Morgan fingerprint density at radius 2 is 1.59 bits per heavy atom. The van der Waals surface area contributed by atoms with Gasteiger partial charge in [-0.2, -0.15) is 0 Å². The Labute approximate surface area is 106 Å². The van der Waals surface area contributed by atoms with Crippen molar-refractivity contribution in [1.82, 2.24) is 4.90 Å². The molecule has 1 rings (SSSR count). The number of nitrogens with zero attached hydrogens (tertiary/aromatic N) is 1. The fourth-order valence-corrected chi connectivity index (χ4v) is 2.72. The first-order chi connectivity index (χ1) is 7.58. The number of likely N-dealkylation sites (tertiary alicyclic amines) is 1. The van der Waals surface area contributed by atoms with Crippen molar-refractivity contribution >= 4 is 6.47 Å². The lowest BCUT2D eigenvalue weighted by Crippen LogP contribution is -2.58. The van der Waals surface area contributed by atoms with E-state index >= 15 is 0 Å². The molecule has 0 amide bonds. The molecule has 1 N–H and O–H groups in total. The number of hydrogen-bond donors (Lipinski definition) is 1. The van der Waals surface area contributed by atoms with Crippen LogP contribution in [0.4, 0.5) is 0 Å². The third-order valence-electron chi connectivity index (χ3n) is 4.00. The summed E-state index contributed by atoms with van der Waals surface area (Å²) in [5, 5.41) is 6.89. The van der Waals surface area contributed by atoms with E-state index in [0.717, 1.165) is 0 Å². The van der Waals surface area contributed by atoms with Crippen LogP contribution in [0.5, 0.6) is 0 Å². The Balaban J connectivity index is 0.000000770. The monoisotopic (exact) mass is 241 g/mol. The second kappa shape index (κ2) is 5.67. The highest BCUT2D eigenvalue weighted by Gasteiger charge is 2.42. The van der Waals surface area contributed by atoms with Gasteiger partial charge in [-0.15, -0.1) is 0 Å². The normalized spacial score (nSPS) is 23.4. The lowest BCUT2D eigenvalue weighted by atomic mass is 9.72. The SMILES string of the molecule is C=C(C)C1CC(C)(C)N(C)C(C)(C)C1.O=CO. The molecule has 0 atom stereocenters. The van der Waals surface area contributed by atoms with E-state index in [1.165, 1.54) is 18.4 Å². The van der Waals surface area contributed by atoms with Gasteiger partial charge in [0.15, 0.2) is 0 Å². The van der Waals surface area contributed by atoms with Gasteiger partial charge < -0.3 is 5.11 Å².